The van der Waals surface area contributed by atoms with Crippen molar-refractivity contribution in [2.75, 3.05) is 39.3 Å². The first-order valence-corrected chi connectivity index (χ1v) is 9.70. The van der Waals surface area contributed by atoms with E-state index in [2.05, 4.69) is 28.2 Å². The first-order chi connectivity index (χ1) is 12.6. The molecule has 2 heterocycles. The Hall–Kier alpha value is -1.70. The maximum Gasteiger partial charge on any atom is 0.271 e. The minimum absolute atomic E-state index is 0. The molecule has 0 atom stereocenters. The van der Waals surface area contributed by atoms with Crippen LogP contribution in [0.3, 0.4) is 0 Å². The Kier molecular flexibility index (Phi) is 8.01. The van der Waals surface area contributed by atoms with Crippen molar-refractivity contribution in [2.45, 2.75) is 39.7 Å². The first kappa shape index (κ1) is 21.6. The maximum absolute atomic E-state index is 11.1. The zero-order chi connectivity index (χ0) is 18.5. The Morgan fingerprint density at radius 3 is 2.52 bits per heavy atom. The molecule has 150 valence electrons. The summed E-state index contributed by atoms with van der Waals surface area (Å²) in [7, 11) is 0. The molecule has 1 aliphatic rings. The van der Waals surface area contributed by atoms with E-state index in [-0.39, 0.29) is 23.0 Å². The minimum Gasteiger partial charge on any atom is -0.327 e. The number of fused-ring (bicyclic) bond motifs is 1. The van der Waals surface area contributed by atoms with Crippen LogP contribution in [0.2, 0.25) is 0 Å². The van der Waals surface area contributed by atoms with Gasteiger partial charge in [-0.05, 0) is 45.1 Å². The molecule has 0 spiro atoms. The smallest absolute Gasteiger partial charge is 0.271 e. The lowest BCUT2D eigenvalue weighted by atomic mass is 10.3. The standard InChI is InChI=1S/C19H29N5O2.ClH/c1-3-21(4-2)13-14-23-18-8-7-16(24(25)26)15-17(18)20-19(23)9-12-22-10-5-6-11-22;/h7-8,15H,3-6,9-14H2,1-2H3;1H. The number of nitrogens with zero attached hydrogens (tertiary/aromatic N) is 5. The molecule has 2 aromatic rings. The van der Waals surface area contributed by atoms with E-state index in [4.69, 9.17) is 4.98 Å². The molecule has 1 saturated heterocycles. The number of halogens is 1. The van der Waals surface area contributed by atoms with E-state index >= 15 is 0 Å². The summed E-state index contributed by atoms with van der Waals surface area (Å²) in [6, 6.07) is 5.03. The maximum atomic E-state index is 11.1. The van der Waals surface area contributed by atoms with Crippen LogP contribution >= 0.6 is 12.4 Å². The van der Waals surface area contributed by atoms with Gasteiger partial charge in [-0.15, -0.1) is 12.4 Å². The van der Waals surface area contributed by atoms with Crippen molar-refractivity contribution in [3.63, 3.8) is 0 Å². The van der Waals surface area contributed by atoms with Crippen LogP contribution in [-0.2, 0) is 13.0 Å². The van der Waals surface area contributed by atoms with Crippen LogP contribution in [0.4, 0.5) is 5.69 Å². The zero-order valence-corrected chi connectivity index (χ0v) is 17.1. The summed E-state index contributed by atoms with van der Waals surface area (Å²) in [6.45, 7) is 11.6. The second kappa shape index (κ2) is 10.0. The molecule has 1 aromatic heterocycles. The van der Waals surface area contributed by atoms with Crippen LogP contribution in [0.25, 0.3) is 11.0 Å². The highest BCUT2D eigenvalue weighted by atomic mass is 35.5. The molecule has 1 aromatic carbocycles. The Labute approximate surface area is 166 Å². The molecular weight excluding hydrogens is 366 g/mol. The summed E-state index contributed by atoms with van der Waals surface area (Å²) < 4.78 is 2.26. The molecule has 0 aliphatic carbocycles. The summed E-state index contributed by atoms with van der Waals surface area (Å²) in [5.41, 5.74) is 1.84. The van der Waals surface area contributed by atoms with Crippen LogP contribution in [0.1, 0.15) is 32.5 Å². The largest absolute Gasteiger partial charge is 0.327 e. The van der Waals surface area contributed by atoms with Crippen molar-refractivity contribution in [1.82, 2.24) is 19.4 Å². The van der Waals surface area contributed by atoms with Crippen LogP contribution in [0, 0.1) is 10.1 Å². The third-order valence-electron chi connectivity index (χ3n) is 5.41. The molecule has 1 fully saturated rings. The topological polar surface area (TPSA) is 67.4 Å². The summed E-state index contributed by atoms with van der Waals surface area (Å²) >= 11 is 0. The van der Waals surface area contributed by atoms with Crippen LogP contribution in [0.5, 0.6) is 0 Å². The van der Waals surface area contributed by atoms with Gasteiger partial charge in [0.1, 0.15) is 5.82 Å². The summed E-state index contributed by atoms with van der Waals surface area (Å²) in [5, 5.41) is 11.1. The number of nitro benzene ring substituents is 1. The third kappa shape index (κ3) is 5.18. The van der Waals surface area contributed by atoms with E-state index in [9.17, 15) is 10.1 Å². The number of benzene rings is 1. The lowest BCUT2D eigenvalue weighted by Gasteiger charge is -2.20. The SMILES string of the molecule is CCN(CC)CCn1c(CCN2CCCC2)nc2cc([N+](=O)[O-])ccc21.Cl. The predicted molar refractivity (Wildman–Crippen MR) is 111 cm³/mol. The lowest BCUT2D eigenvalue weighted by Crippen LogP contribution is -2.28. The van der Waals surface area contributed by atoms with Crippen molar-refractivity contribution in [3.8, 4) is 0 Å². The fourth-order valence-corrected chi connectivity index (χ4v) is 3.77. The number of likely N-dealkylation sites (N-methyl/N-ethyl adjacent to an activating group) is 1. The van der Waals surface area contributed by atoms with Crippen molar-refractivity contribution >= 4 is 29.1 Å². The van der Waals surface area contributed by atoms with Crippen molar-refractivity contribution in [3.05, 3.63) is 34.1 Å². The van der Waals surface area contributed by atoms with Gasteiger partial charge in [0.05, 0.1) is 16.0 Å². The van der Waals surface area contributed by atoms with Gasteiger partial charge in [0.25, 0.3) is 5.69 Å². The van der Waals surface area contributed by atoms with Gasteiger partial charge in [0, 0.05) is 38.2 Å². The zero-order valence-electron chi connectivity index (χ0n) is 16.3. The Morgan fingerprint density at radius 2 is 1.89 bits per heavy atom. The molecule has 1 aliphatic heterocycles. The Balaban J connectivity index is 0.00000261. The van der Waals surface area contributed by atoms with Crippen molar-refractivity contribution in [1.29, 1.82) is 0 Å². The number of hydrogen-bond donors (Lipinski definition) is 0. The fourth-order valence-electron chi connectivity index (χ4n) is 3.77. The monoisotopic (exact) mass is 395 g/mol. The minimum atomic E-state index is -0.349. The predicted octanol–water partition coefficient (Wildman–Crippen LogP) is 3.35. The van der Waals surface area contributed by atoms with Gasteiger partial charge in [0.15, 0.2) is 0 Å². The number of imidazole rings is 1. The fraction of sp³-hybridized carbons (Fsp3) is 0.632. The van der Waals surface area contributed by atoms with Gasteiger partial charge in [0.2, 0.25) is 0 Å². The van der Waals surface area contributed by atoms with Crippen molar-refractivity contribution < 1.29 is 4.92 Å². The van der Waals surface area contributed by atoms with E-state index in [1.165, 1.54) is 25.9 Å². The average molecular weight is 396 g/mol. The lowest BCUT2D eigenvalue weighted by molar-refractivity contribution is -0.384. The normalized spacial score (nSPS) is 14.8. The summed E-state index contributed by atoms with van der Waals surface area (Å²) in [5.74, 6) is 1.04. The number of hydrogen-bond acceptors (Lipinski definition) is 5. The number of non-ortho nitro benzene ring substituents is 1. The van der Waals surface area contributed by atoms with Crippen LogP contribution in [0.15, 0.2) is 18.2 Å². The molecule has 27 heavy (non-hydrogen) atoms. The van der Waals surface area contributed by atoms with Crippen LogP contribution < -0.4 is 0 Å². The summed E-state index contributed by atoms with van der Waals surface area (Å²) in [6.07, 6.45) is 3.45. The van der Waals surface area contributed by atoms with E-state index < -0.39 is 0 Å². The van der Waals surface area contributed by atoms with Gasteiger partial charge < -0.3 is 14.4 Å². The highest BCUT2D eigenvalue weighted by molar-refractivity contribution is 5.85. The molecule has 0 bridgehead atoms. The Morgan fingerprint density at radius 1 is 1.19 bits per heavy atom. The second-order valence-corrected chi connectivity index (χ2v) is 6.94. The average Bonchev–Trinajstić information content (AvgIpc) is 3.27. The van der Waals surface area contributed by atoms with E-state index in [0.29, 0.717) is 0 Å². The molecule has 0 radical (unpaired) electrons. The van der Waals surface area contributed by atoms with E-state index in [0.717, 1.165) is 56.0 Å². The highest BCUT2D eigenvalue weighted by Gasteiger charge is 2.17. The van der Waals surface area contributed by atoms with Crippen LogP contribution in [-0.4, -0.2) is 63.5 Å². The molecule has 3 rings (SSSR count). The molecule has 0 unspecified atom stereocenters. The quantitative estimate of drug-likeness (QED) is 0.481. The number of likely N-dealkylation sites (tertiary alicyclic amines) is 1. The molecule has 0 N–H and O–H groups in total. The second-order valence-electron chi connectivity index (χ2n) is 6.94. The number of nitro groups is 1. The van der Waals surface area contributed by atoms with E-state index in [1.54, 1.807) is 12.1 Å². The van der Waals surface area contributed by atoms with Gasteiger partial charge in [-0.3, -0.25) is 10.1 Å². The van der Waals surface area contributed by atoms with Gasteiger partial charge in [-0.1, -0.05) is 13.8 Å². The highest BCUT2D eigenvalue weighted by Crippen LogP contribution is 2.23. The molecule has 7 nitrogen and oxygen atoms in total. The molecular formula is C19H30ClN5O2. The molecule has 0 saturated carbocycles. The van der Waals surface area contributed by atoms with Gasteiger partial charge in [-0.25, -0.2) is 4.98 Å². The number of aromatic nitrogens is 2. The number of rotatable bonds is 9. The van der Waals surface area contributed by atoms with Gasteiger partial charge >= 0.3 is 0 Å². The first-order valence-electron chi connectivity index (χ1n) is 9.70. The van der Waals surface area contributed by atoms with Gasteiger partial charge in [-0.2, -0.15) is 0 Å². The third-order valence-corrected chi connectivity index (χ3v) is 5.41. The molecule has 0 amide bonds. The molecule has 8 heteroatoms. The Bertz CT molecular complexity index is 754. The summed E-state index contributed by atoms with van der Waals surface area (Å²) in [4.78, 5) is 20.4. The van der Waals surface area contributed by atoms with Crippen molar-refractivity contribution in [2.24, 2.45) is 0 Å². The van der Waals surface area contributed by atoms with E-state index in [1.807, 2.05) is 6.07 Å².